The number of fused-ring (bicyclic) bond motifs is 1. The number of hydrogen-bond donors (Lipinski definition) is 1. The van der Waals surface area contributed by atoms with Gasteiger partial charge < -0.3 is 4.90 Å². The molecule has 8 nitrogen and oxygen atoms in total. The number of halogens is 2. The average Bonchev–Trinajstić information content (AvgIpc) is 3.04. The number of H-pyrrole nitrogens is 1. The van der Waals surface area contributed by atoms with Crippen LogP contribution < -0.4 is 4.90 Å². The number of nitro groups is 1. The van der Waals surface area contributed by atoms with Crippen molar-refractivity contribution < 1.29 is 4.92 Å². The maximum Gasteiger partial charge on any atom is 0.348 e. The van der Waals surface area contributed by atoms with Crippen molar-refractivity contribution in [3.63, 3.8) is 0 Å². The molecule has 0 amide bonds. The standard InChI is InChI=1S/C16H12Cl2N6O2/c17-10-3-1-2-9(6-10)13-11-7-23(5-4-12(11)21-22-13)16-14(24(25)26)15(18)19-8-20-16/h1-3,6,8H,4-5,7H2,(H,21,22). The maximum atomic E-state index is 11.4. The van der Waals surface area contributed by atoms with Gasteiger partial charge in [-0.2, -0.15) is 5.10 Å². The molecule has 26 heavy (non-hydrogen) atoms. The Labute approximate surface area is 157 Å². The van der Waals surface area contributed by atoms with E-state index in [2.05, 4.69) is 20.2 Å². The van der Waals surface area contributed by atoms with Crippen molar-refractivity contribution in [2.45, 2.75) is 13.0 Å². The van der Waals surface area contributed by atoms with Crippen LogP contribution in [0.15, 0.2) is 30.6 Å². The lowest BCUT2D eigenvalue weighted by Crippen LogP contribution is -2.31. The zero-order valence-electron chi connectivity index (χ0n) is 13.3. The molecule has 1 aliphatic rings. The second kappa shape index (κ2) is 6.54. The molecule has 0 saturated heterocycles. The van der Waals surface area contributed by atoms with Crippen LogP contribution in [-0.4, -0.2) is 31.6 Å². The normalized spacial score (nSPS) is 13.5. The first kappa shape index (κ1) is 16.7. The number of aromatic nitrogens is 4. The number of rotatable bonds is 3. The third-order valence-corrected chi connectivity index (χ3v) is 4.78. The molecule has 3 heterocycles. The Hall–Kier alpha value is -2.71. The molecule has 1 N–H and O–H groups in total. The molecule has 4 rings (SSSR count). The number of nitrogens with one attached hydrogen (secondary N) is 1. The van der Waals surface area contributed by atoms with Crippen LogP contribution >= 0.6 is 23.2 Å². The second-order valence-corrected chi connectivity index (χ2v) is 6.60. The Morgan fingerprint density at radius 3 is 2.88 bits per heavy atom. The van der Waals surface area contributed by atoms with Crippen LogP contribution in [0.25, 0.3) is 11.3 Å². The number of nitrogens with zero attached hydrogens (tertiary/aromatic N) is 5. The van der Waals surface area contributed by atoms with E-state index in [4.69, 9.17) is 23.2 Å². The molecule has 1 aliphatic heterocycles. The molecule has 0 fully saturated rings. The number of benzene rings is 1. The summed E-state index contributed by atoms with van der Waals surface area (Å²) in [5.74, 6) is 0.207. The van der Waals surface area contributed by atoms with Crippen LogP contribution in [-0.2, 0) is 13.0 Å². The largest absolute Gasteiger partial charge is 0.348 e. The zero-order chi connectivity index (χ0) is 18.3. The van der Waals surface area contributed by atoms with E-state index >= 15 is 0 Å². The molecule has 0 atom stereocenters. The van der Waals surface area contributed by atoms with Crippen LogP contribution in [0, 0.1) is 10.1 Å². The molecule has 2 aromatic heterocycles. The Kier molecular flexibility index (Phi) is 4.21. The third kappa shape index (κ3) is 2.87. The highest BCUT2D eigenvalue weighted by Crippen LogP contribution is 2.36. The Balaban J connectivity index is 1.74. The second-order valence-electron chi connectivity index (χ2n) is 5.81. The minimum absolute atomic E-state index is 0.173. The van der Waals surface area contributed by atoms with Crippen LogP contribution in [0.5, 0.6) is 0 Å². The zero-order valence-corrected chi connectivity index (χ0v) is 14.8. The Morgan fingerprint density at radius 2 is 2.12 bits per heavy atom. The first-order valence-corrected chi connectivity index (χ1v) is 8.52. The van der Waals surface area contributed by atoms with E-state index in [1.54, 1.807) is 6.07 Å². The minimum atomic E-state index is -0.555. The summed E-state index contributed by atoms with van der Waals surface area (Å²) in [5.41, 5.74) is 3.33. The van der Waals surface area contributed by atoms with Crippen LogP contribution in [0.2, 0.25) is 10.2 Å². The molecule has 1 aromatic carbocycles. The SMILES string of the molecule is O=[N+]([O-])c1c(Cl)ncnc1N1CCc2[nH]nc(-c3cccc(Cl)c3)c2C1. The minimum Gasteiger partial charge on any atom is -0.346 e. The smallest absolute Gasteiger partial charge is 0.346 e. The van der Waals surface area contributed by atoms with Crippen LogP contribution in [0.4, 0.5) is 11.5 Å². The maximum absolute atomic E-state index is 11.4. The molecule has 0 bridgehead atoms. The van der Waals surface area contributed by atoms with Crippen molar-refractivity contribution in [1.29, 1.82) is 0 Å². The van der Waals surface area contributed by atoms with Gasteiger partial charge in [-0.25, -0.2) is 9.97 Å². The highest BCUT2D eigenvalue weighted by Gasteiger charge is 2.30. The quantitative estimate of drug-likeness (QED) is 0.416. The monoisotopic (exact) mass is 390 g/mol. The lowest BCUT2D eigenvalue weighted by molar-refractivity contribution is -0.384. The van der Waals surface area contributed by atoms with E-state index in [0.717, 1.165) is 22.5 Å². The van der Waals surface area contributed by atoms with Gasteiger partial charge in [0.2, 0.25) is 11.0 Å². The third-order valence-electron chi connectivity index (χ3n) is 4.27. The highest BCUT2D eigenvalue weighted by molar-refractivity contribution is 6.32. The fraction of sp³-hybridized carbons (Fsp3) is 0.188. The molecule has 132 valence electrons. The van der Waals surface area contributed by atoms with Crippen molar-refractivity contribution in [1.82, 2.24) is 20.2 Å². The summed E-state index contributed by atoms with van der Waals surface area (Å²) in [7, 11) is 0. The molecule has 0 aliphatic carbocycles. The summed E-state index contributed by atoms with van der Waals surface area (Å²) < 4.78 is 0. The molecule has 10 heteroatoms. The van der Waals surface area contributed by atoms with Crippen molar-refractivity contribution in [2.75, 3.05) is 11.4 Å². The molecule has 0 unspecified atom stereocenters. The first-order chi connectivity index (χ1) is 12.5. The summed E-state index contributed by atoms with van der Waals surface area (Å²) in [6, 6.07) is 7.41. The predicted octanol–water partition coefficient (Wildman–Crippen LogP) is 3.64. The van der Waals surface area contributed by atoms with Crippen molar-refractivity contribution in [3.05, 3.63) is 62.1 Å². The molecular formula is C16H12Cl2N6O2. The molecule has 3 aromatic rings. The number of aromatic amines is 1. The van der Waals surface area contributed by atoms with Gasteiger partial charge in [0.1, 0.15) is 6.33 Å². The summed E-state index contributed by atoms with van der Waals surface area (Å²) in [6.45, 7) is 0.972. The summed E-state index contributed by atoms with van der Waals surface area (Å²) >= 11 is 12.0. The van der Waals surface area contributed by atoms with E-state index in [-0.39, 0.29) is 16.7 Å². The van der Waals surface area contributed by atoms with Crippen LogP contribution in [0.3, 0.4) is 0 Å². The fourth-order valence-electron chi connectivity index (χ4n) is 3.09. The Bertz CT molecular complexity index is 1010. The van der Waals surface area contributed by atoms with Gasteiger partial charge in [-0.1, -0.05) is 35.3 Å². The van der Waals surface area contributed by atoms with E-state index in [9.17, 15) is 10.1 Å². The average molecular weight is 391 g/mol. The van der Waals surface area contributed by atoms with Gasteiger partial charge in [0.15, 0.2) is 0 Å². The van der Waals surface area contributed by atoms with Gasteiger partial charge in [0, 0.05) is 41.4 Å². The summed E-state index contributed by atoms with van der Waals surface area (Å²) in [5, 5.41) is 19.3. The molecule has 0 saturated carbocycles. The van der Waals surface area contributed by atoms with Crippen LogP contribution in [0.1, 0.15) is 11.3 Å². The predicted molar refractivity (Wildman–Crippen MR) is 97.5 cm³/mol. The van der Waals surface area contributed by atoms with Gasteiger partial charge in [0.25, 0.3) is 0 Å². The summed E-state index contributed by atoms with van der Waals surface area (Å²) in [4.78, 5) is 20.5. The van der Waals surface area contributed by atoms with E-state index in [1.165, 1.54) is 6.33 Å². The highest BCUT2D eigenvalue weighted by atomic mass is 35.5. The first-order valence-electron chi connectivity index (χ1n) is 7.76. The Morgan fingerprint density at radius 1 is 1.27 bits per heavy atom. The molecule has 0 spiro atoms. The topological polar surface area (TPSA) is 101 Å². The van der Waals surface area contributed by atoms with Gasteiger partial charge in [0.05, 0.1) is 10.6 Å². The van der Waals surface area contributed by atoms with Crippen molar-refractivity contribution in [2.24, 2.45) is 0 Å². The lowest BCUT2D eigenvalue weighted by atomic mass is 10.0. The lowest BCUT2D eigenvalue weighted by Gasteiger charge is -2.27. The number of hydrogen-bond acceptors (Lipinski definition) is 6. The van der Waals surface area contributed by atoms with Gasteiger partial charge in [-0.3, -0.25) is 15.2 Å². The van der Waals surface area contributed by atoms with E-state index in [0.29, 0.717) is 24.5 Å². The number of anilines is 1. The van der Waals surface area contributed by atoms with Gasteiger partial charge in [-0.15, -0.1) is 0 Å². The summed E-state index contributed by atoms with van der Waals surface area (Å²) in [6.07, 6.45) is 1.88. The van der Waals surface area contributed by atoms with Gasteiger partial charge >= 0.3 is 5.69 Å². The van der Waals surface area contributed by atoms with Gasteiger partial charge in [-0.05, 0) is 12.1 Å². The van der Waals surface area contributed by atoms with Crippen molar-refractivity contribution >= 4 is 34.7 Å². The van der Waals surface area contributed by atoms with E-state index < -0.39 is 4.92 Å². The van der Waals surface area contributed by atoms with E-state index in [1.807, 2.05) is 23.1 Å². The van der Waals surface area contributed by atoms with Crippen molar-refractivity contribution in [3.8, 4) is 11.3 Å². The fourth-order valence-corrected chi connectivity index (χ4v) is 3.48. The molecule has 0 radical (unpaired) electrons. The molecular weight excluding hydrogens is 379 g/mol.